The summed E-state index contributed by atoms with van der Waals surface area (Å²) < 4.78 is 13.3. The van der Waals surface area contributed by atoms with Crippen molar-refractivity contribution in [1.29, 1.82) is 0 Å². The molecule has 2 rings (SSSR count). The number of hydrogen-bond acceptors (Lipinski definition) is 1. The lowest BCUT2D eigenvalue weighted by atomic mass is 9.78. The minimum Gasteiger partial charge on any atom is -0.280 e. The second kappa shape index (κ2) is 5.54. The Balaban J connectivity index is 2.41. The molecular formula is C16H14ClFO. The average molecular weight is 277 g/mol. The Morgan fingerprint density at radius 3 is 2.42 bits per heavy atom. The number of carbonyl (C=O) groups excluding carboxylic acids is 1. The zero-order valence-electron chi connectivity index (χ0n) is 10.6. The first-order valence-corrected chi connectivity index (χ1v) is 6.40. The van der Waals surface area contributed by atoms with Gasteiger partial charge in [-0.15, -0.1) is 0 Å². The lowest BCUT2D eigenvalue weighted by molar-refractivity contribution is -0.116. The van der Waals surface area contributed by atoms with E-state index in [2.05, 4.69) is 0 Å². The minimum atomic E-state index is -0.926. The number of halogens is 2. The molecule has 0 spiro atoms. The van der Waals surface area contributed by atoms with Gasteiger partial charge in [0, 0.05) is 0 Å². The lowest BCUT2D eigenvalue weighted by Crippen LogP contribution is -2.32. The van der Waals surface area contributed by atoms with Gasteiger partial charge < -0.3 is 0 Å². The van der Waals surface area contributed by atoms with Crippen molar-refractivity contribution in [3.63, 3.8) is 0 Å². The van der Waals surface area contributed by atoms with Gasteiger partial charge in [0.25, 0.3) is 0 Å². The van der Waals surface area contributed by atoms with Gasteiger partial charge in [-0.3, -0.25) is 4.79 Å². The molecule has 0 fully saturated rings. The molecule has 1 nitrogen and oxygen atoms in total. The fraction of sp³-hybridized carbons (Fsp3) is 0.188. The third-order valence-electron chi connectivity index (χ3n) is 3.30. The Bertz CT molecular complexity index is 582. The molecule has 1 unspecified atom stereocenters. The normalized spacial score (nSPS) is 13.8. The Labute approximate surface area is 117 Å². The molecule has 0 N–H and O–H groups in total. The molecule has 0 aliphatic heterocycles. The van der Waals surface area contributed by atoms with Crippen LogP contribution in [0.1, 0.15) is 18.1 Å². The minimum absolute atomic E-state index is 0.366. The van der Waals surface area contributed by atoms with E-state index >= 15 is 0 Å². The van der Waals surface area contributed by atoms with Crippen LogP contribution in [0, 0.1) is 5.82 Å². The summed E-state index contributed by atoms with van der Waals surface area (Å²) in [6.07, 6.45) is 0.444. The number of rotatable bonds is 4. The highest BCUT2D eigenvalue weighted by atomic mass is 35.5. The highest BCUT2D eigenvalue weighted by Crippen LogP contribution is 2.31. The molecule has 0 saturated heterocycles. The summed E-state index contributed by atoms with van der Waals surface area (Å²) in [5, 5.41) is -0.484. The van der Waals surface area contributed by atoms with Crippen molar-refractivity contribution in [3.05, 3.63) is 71.5 Å². The number of benzene rings is 2. The molecule has 0 aliphatic rings. The molecular weight excluding hydrogens is 263 g/mol. The Kier molecular flexibility index (Phi) is 4.01. The van der Waals surface area contributed by atoms with Crippen LogP contribution >= 0.6 is 11.6 Å². The monoisotopic (exact) mass is 276 g/mol. The van der Waals surface area contributed by atoms with Crippen molar-refractivity contribution in [2.24, 2.45) is 0 Å². The second-order valence-electron chi connectivity index (χ2n) is 4.78. The summed E-state index contributed by atoms with van der Waals surface area (Å²) in [5.74, 6) is -0.366. The van der Waals surface area contributed by atoms with E-state index in [1.165, 1.54) is 12.1 Å². The molecule has 0 heterocycles. The molecule has 0 radical (unpaired) electrons. The van der Waals surface area contributed by atoms with Crippen molar-refractivity contribution in [1.82, 2.24) is 0 Å². The molecule has 0 aliphatic carbocycles. The van der Waals surface area contributed by atoms with E-state index in [1.54, 1.807) is 19.1 Å². The largest absolute Gasteiger partial charge is 0.280 e. The van der Waals surface area contributed by atoms with Crippen molar-refractivity contribution in [3.8, 4) is 0 Å². The quantitative estimate of drug-likeness (QED) is 0.769. The summed E-state index contributed by atoms with van der Waals surface area (Å²) in [6.45, 7) is 1.74. The first kappa shape index (κ1) is 13.8. The van der Waals surface area contributed by atoms with E-state index < -0.39 is 10.7 Å². The SMILES string of the molecule is CC(Cc1ccccc1)(C(=O)Cl)c1cccc(F)c1. The van der Waals surface area contributed by atoms with Crippen LogP contribution in [0.25, 0.3) is 0 Å². The second-order valence-corrected chi connectivity index (χ2v) is 5.12. The third-order valence-corrected chi connectivity index (χ3v) is 3.71. The third kappa shape index (κ3) is 3.02. The molecule has 1 atom stereocenters. The van der Waals surface area contributed by atoms with Crippen LogP contribution in [0.4, 0.5) is 4.39 Å². The van der Waals surface area contributed by atoms with Crippen molar-refractivity contribution < 1.29 is 9.18 Å². The highest BCUT2D eigenvalue weighted by Gasteiger charge is 2.34. The molecule has 0 amide bonds. The lowest BCUT2D eigenvalue weighted by Gasteiger charge is -2.26. The van der Waals surface area contributed by atoms with Crippen LogP contribution in [0.5, 0.6) is 0 Å². The standard InChI is InChI=1S/C16H14ClFO/c1-16(15(17)19,11-12-6-3-2-4-7-12)13-8-5-9-14(18)10-13/h2-10H,11H2,1H3. The van der Waals surface area contributed by atoms with Gasteiger partial charge in [-0.05, 0) is 48.2 Å². The van der Waals surface area contributed by atoms with Gasteiger partial charge in [0.1, 0.15) is 5.82 Å². The summed E-state index contributed by atoms with van der Waals surface area (Å²) in [4.78, 5) is 11.8. The van der Waals surface area contributed by atoms with E-state index in [-0.39, 0.29) is 5.82 Å². The topological polar surface area (TPSA) is 17.1 Å². The number of carbonyl (C=O) groups is 1. The van der Waals surface area contributed by atoms with Crippen molar-refractivity contribution in [2.75, 3.05) is 0 Å². The molecule has 0 bridgehead atoms. The van der Waals surface area contributed by atoms with Crippen LogP contribution in [-0.4, -0.2) is 5.24 Å². The molecule has 19 heavy (non-hydrogen) atoms. The predicted octanol–water partition coefficient (Wildman–Crippen LogP) is 4.09. The van der Waals surface area contributed by atoms with Crippen molar-refractivity contribution in [2.45, 2.75) is 18.8 Å². The number of hydrogen-bond donors (Lipinski definition) is 0. The predicted molar refractivity (Wildman–Crippen MR) is 74.8 cm³/mol. The zero-order valence-corrected chi connectivity index (χ0v) is 11.3. The molecule has 0 saturated carbocycles. The smallest absolute Gasteiger partial charge is 0.232 e. The van der Waals surface area contributed by atoms with Crippen LogP contribution < -0.4 is 0 Å². The van der Waals surface area contributed by atoms with Gasteiger partial charge in [-0.25, -0.2) is 4.39 Å². The maximum atomic E-state index is 13.3. The van der Waals surface area contributed by atoms with E-state index in [0.717, 1.165) is 5.56 Å². The van der Waals surface area contributed by atoms with Crippen molar-refractivity contribution >= 4 is 16.8 Å². The summed E-state index contributed by atoms with van der Waals surface area (Å²) in [7, 11) is 0. The van der Waals surface area contributed by atoms with Gasteiger partial charge in [0.15, 0.2) is 0 Å². The van der Waals surface area contributed by atoms with E-state index in [4.69, 9.17) is 11.6 Å². The van der Waals surface area contributed by atoms with Gasteiger partial charge >= 0.3 is 0 Å². The molecule has 98 valence electrons. The van der Waals surface area contributed by atoms with Crippen LogP contribution in [-0.2, 0) is 16.6 Å². The van der Waals surface area contributed by atoms with E-state index in [9.17, 15) is 9.18 Å². The Morgan fingerprint density at radius 2 is 1.84 bits per heavy atom. The van der Waals surface area contributed by atoms with Gasteiger partial charge in [-0.1, -0.05) is 42.5 Å². The summed E-state index contributed by atoms with van der Waals surface area (Å²) in [5.41, 5.74) is 0.657. The van der Waals surface area contributed by atoms with Crippen LogP contribution in [0.2, 0.25) is 0 Å². The van der Waals surface area contributed by atoms with E-state index in [1.807, 2.05) is 30.3 Å². The van der Waals surface area contributed by atoms with E-state index in [0.29, 0.717) is 12.0 Å². The first-order chi connectivity index (χ1) is 9.02. The molecule has 0 aromatic heterocycles. The molecule has 2 aromatic rings. The maximum absolute atomic E-state index is 13.3. The average Bonchev–Trinajstić information content (AvgIpc) is 2.39. The summed E-state index contributed by atoms with van der Waals surface area (Å²) in [6, 6.07) is 15.6. The van der Waals surface area contributed by atoms with Gasteiger partial charge in [-0.2, -0.15) is 0 Å². The molecule has 3 heteroatoms. The first-order valence-electron chi connectivity index (χ1n) is 6.02. The van der Waals surface area contributed by atoms with Crippen LogP contribution in [0.15, 0.2) is 54.6 Å². The van der Waals surface area contributed by atoms with Gasteiger partial charge in [0.2, 0.25) is 5.24 Å². The molecule has 2 aromatic carbocycles. The fourth-order valence-corrected chi connectivity index (χ4v) is 2.30. The van der Waals surface area contributed by atoms with Crippen LogP contribution in [0.3, 0.4) is 0 Å². The maximum Gasteiger partial charge on any atom is 0.232 e. The summed E-state index contributed by atoms with van der Waals surface area (Å²) >= 11 is 5.76. The fourth-order valence-electron chi connectivity index (χ4n) is 2.12. The Morgan fingerprint density at radius 1 is 1.16 bits per heavy atom. The van der Waals surface area contributed by atoms with Gasteiger partial charge in [0.05, 0.1) is 5.41 Å². The zero-order chi connectivity index (χ0) is 13.9. The highest BCUT2D eigenvalue weighted by molar-refractivity contribution is 6.65. The Hall–Kier alpha value is -1.67.